The number of halogens is 1. The number of rotatable bonds is 3. The van der Waals surface area contributed by atoms with E-state index in [9.17, 15) is 14.9 Å². The van der Waals surface area contributed by atoms with Crippen molar-refractivity contribution in [3.05, 3.63) is 35.2 Å². The Balaban J connectivity index is 1.51. The minimum absolute atomic E-state index is 0.0116. The van der Waals surface area contributed by atoms with Crippen molar-refractivity contribution >= 4 is 33.0 Å². The largest absolute Gasteiger partial charge is 0.362 e. The summed E-state index contributed by atoms with van der Waals surface area (Å²) in [5, 5.41) is 20.2. The molecule has 1 saturated heterocycles. The predicted octanol–water partition coefficient (Wildman–Crippen LogP) is 2.72. The molecule has 0 radical (unpaired) electrons. The van der Waals surface area contributed by atoms with E-state index in [1.807, 2.05) is 6.07 Å². The number of ketones is 2. The SMILES string of the molecule is COC1=S(N2CCCC(c3ncn[nH]3)C2)c2c(F)cc3c(c2C1C1CC1)NC(C#N)C(=O)C3=O. The van der Waals surface area contributed by atoms with Crippen LogP contribution in [-0.2, 0) is 9.53 Å². The number of fused-ring (bicyclic) bond motifs is 3. The highest BCUT2D eigenvalue weighted by Crippen LogP contribution is 2.59. The number of nitrogens with one attached hydrogen (secondary N) is 2. The van der Waals surface area contributed by atoms with E-state index in [4.69, 9.17) is 4.74 Å². The average molecular weight is 483 g/mol. The third-order valence-corrected chi connectivity index (χ3v) is 9.58. The first-order valence-electron chi connectivity index (χ1n) is 11.4. The lowest BCUT2D eigenvalue weighted by molar-refractivity contribution is -0.115. The van der Waals surface area contributed by atoms with Gasteiger partial charge in [-0.05, 0) is 37.7 Å². The van der Waals surface area contributed by atoms with Crippen molar-refractivity contribution in [3.63, 3.8) is 0 Å². The number of hydrogen-bond donors (Lipinski definition) is 2. The fraction of sp³-hybridized carbons (Fsp3) is 0.478. The summed E-state index contributed by atoms with van der Waals surface area (Å²) in [4.78, 5) is 29.9. The van der Waals surface area contributed by atoms with Gasteiger partial charge < -0.3 is 10.1 Å². The number of piperidine rings is 1. The number of anilines is 1. The Labute approximate surface area is 197 Å². The van der Waals surface area contributed by atoms with Crippen molar-refractivity contribution < 1.29 is 18.7 Å². The Kier molecular flexibility index (Phi) is 5.13. The van der Waals surface area contributed by atoms with Gasteiger partial charge in [0.05, 0.1) is 22.2 Å². The van der Waals surface area contributed by atoms with Crippen LogP contribution in [0.2, 0.25) is 0 Å². The number of H-pyrrole nitrogens is 1. The summed E-state index contributed by atoms with van der Waals surface area (Å²) in [5.41, 5.74) is 1.11. The number of hydrogen-bond acceptors (Lipinski definition) is 8. The fourth-order valence-corrected chi connectivity index (χ4v) is 8.19. The van der Waals surface area contributed by atoms with Crippen LogP contribution >= 0.6 is 10.7 Å². The van der Waals surface area contributed by atoms with Gasteiger partial charge in [-0.15, -0.1) is 0 Å². The van der Waals surface area contributed by atoms with Gasteiger partial charge in [0, 0.05) is 37.6 Å². The Morgan fingerprint density at radius 1 is 1.32 bits per heavy atom. The van der Waals surface area contributed by atoms with E-state index >= 15 is 4.39 Å². The minimum atomic E-state index is -1.27. The summed E-state index contributed by atoms with van der Waals surface area (Å²) in [5.74, 6) is -1.12. The summed E-state index contributed by atoms with van der Waals surface area (Å²) < 4.78 is 24.1. The Hall–Kier alpha value is -2.94. The number of carbonyl (C=O) groups is 2. The molecule has 2 fully saturated rings. The molecule has 11 heteroatoms. The summed E-state index contributed by atoms with van der Waals surface area (Å²) in [6.45, 7) is 1.45. The molecule has 34 heavy (non-hydrogen) atoms. The highest BCUT2D eigenvalue weighted by atomic mass is 32.2. The molecule has 9 nitrogen and oxygen atoms in total. The number of aromatic nitrogens is 3. The number of Topliss-reactive ketones (excluding diaryl/α,β-unsaturated/α-hetero) is 2. The van der Waals surface area contributed by atoms with E-state index in [2.05, 4.69) is 24.8 Å². The van der Waals surface area contributed by atoms with Gasteiger partial charge in [-0.1, -0.05) is 10.7 Å². The van der Waals surface area contributed by atoms with Gasteiger partial charge in [0.2, 0.25) is 11.6 Å². The molecule has 1 aromatic heterocycles. The van der Waals surface area contributed by atoms with Crippen LogP contribution < -0.4 is 5.32 Å². The highest BCUT2D eigenvalue weighted by Gasteiger charge is 2.49. The second-order valence-corrected chi connectivity index (χ2v) is 11.0. The lowest BCUT2D eigenvalue weighted by atomic mass is 9.86. The molecule has 4 heterocycles. The lowest BCUT2D eigenvalue weighted by Gasteiger charge is -2.34. The van der Waals surface area contributed by atoms with E-state index < -0.39 is 34.1 Å². The van der Waals surface area contributed by atoms with Crippen LogP contribution in [0.4, 0.5) is 10.1 Å². The fourth-order valence-electron chi connectivity index (χ4n) is 5.45. The quantitative estimate of drug-likeness (QED) is 0.506. The molecule has 4 aliphatic rings. The number of aromatic amines is 1. The molecule has 176 valence electrons. The first kappa shape index (κ1) is 21.6. The number of nitrogens with zero attached hydrogens (tertiary/aromatic N) is 4. The van der Waals surface area contributed by atoms with Gasteiger partial charge in [0.1, 0.15) is 23.0 Å². The molecule has 1 aliphatic carbocycles. The van der Waals surface area contributed by atoms with Crippen molar-refractivity contribution in [2.75, 3.05) is 25.5 Å². The summed E-state index contributed by atoms with van der Waals surface area (Å²) >= 11 is 0. The van der Waals surface area contributed by atoms with E-state index in [0.29, 0.717) is 22.7 Å². The van der Waals surface area contributed by atoms with Crippen molar-refractivity contribution in [2.45, 2.75) is 48.5 Å². The third kappa shape index (κ3) is 3.16. The molecular weight excluding hydrogens is 459 g/mol. The lowest BCUT2D eigenvalue weighted by Crippen LogP contribution is -2.40. The van der Waals surface area contributed by atoms with E-state index in [-0.39, 0.29) is 23.3 Å². The standard InChI is InChI=1S/C23H23FN6O3S/c1-33-23-16(11-4-5-11)17-18-13(19(31)20(32)15(8-25)28-18)7-14(24)21(17)34(23)30-6-2-3-12(9-30)22-26-10-27-29-22/h7,10-12,15-16,28H,2-6,9H2,1H3,(H,26,27,29). The number of benzene rings is 1. The number of methoxy groups -OCH3 is 1. The molecule has 0 amide bonds. The summed E-state index contributed by atoms with van der Waals surface area (Å²) in [7, 11) is 0.833. The first-order valence-corrected chi connectivity index (χ1v) is 12.6. The maximum Gasteiger partial charge on any atom is 0.240 e. The van der Waals surface area contributed by atoms with Crippen LogP contribution in [0.5, 0.6) is 0 Å². The maximum atomic E-state index is 15.8. The van der Waals surface area contributed by atoms with Crippen LogP contribution in [0.25, 0.3) is 0 Å². The first-order chi connectivity index (χ1) is 16.5. The third-order valence-electron chi connectivity index (χ3n) is 7.13. The number of carbonyl (C=O) groups excluding carboxylic acids is 2. The zero-order valence-electron chi connectivity index (χ0n) is 18.5. The van der Waals surface area contributed by atoms with Gasteiger partial charge in [-0.25, -0.2) is 13.7 Å². The molecule has 6 rings (SSSR count). The molecule has 4 atom stereocenters. The molecule has 4 unspecified atom stereocenters. The van der Waals surface area contributed by atoms with E-state index in [1.165, 1.54) is 6.33 Å². The maximum absolute atomic E-state index is 15.8. The predicted molar refractivity (Wildman–Crippen MR) is 122 cm³/mol. The van der Waals surface area contributed by atoms with Gasteiger partial charge in [-0.2, -0.15) is 10.4 Å². The second kappa shape index (κ2) is 8.08. The van der Waals surface area contributed by atoms with Crippen LogP contribution in [0, 0.1) is 23.1 Å². The Morgan fingerprint density at radius 3 is 2.82 bits per heavy atom. The summed E-state index contributed by atoms with van der Waals surface area (Å²) in [6.07, 6.45) is 5.34. The Morgan fingerprint density at radius 2 is 2.15 bits per heavy atom. The molecule has 0 bridgehead atoms. The molecule has 3 aliphatic heterocycles. The second-order valence-electron chi connectivity index (χ2n) is 9.14. The van der Waals surface area contributed by atoms with Crippen molar-refractivity contribution in [2.24, 2.45) is 5.92 Å². The molecule has 2 N–H and O–H groups in total. The van der Waals surface area contributed by atoms with Gasteiger partial charge >= 0.3 is 0 Å². The van der Waals surface area contributed by atoms with Crippen LogP contribution in [0.3, 0.4) is 0 Å². The average Bonchev–Trinajstić information content (AvgIpc) is 3.40. The molecule has 0 spiro atoms. The van der Waals surface area contributed by atoms with Gasteiger partial charge in [0.15, 0.2) is 6.04 Å². The van der Waals surface area contributed by atoms with Gasteiger partial charge in [0.25, 0.3) is 0 Å². The topological polar surface area (TPSA) is 124 Å². The van der Waals surface area contributed by atoms with Crippen molar-refractivity contribution in [1.82, 2.24) is 19.5 Å². The molecule has 1 saturated carbocycles. The number of nitriles is 1. The monoisotopic (exact) mass is 482 g/mol. The number of ether oxygens (including phenoxy) is 1. The van der Waals surface area contributed by atoms with Crippen LogP contribution in [0.1, 0.15) is 59.3 Å². The smallest absolute Gasteiger partial charge is 0.240 e. The zero-order valence-corrected chi connectivity index (χ0v) is 19.3. The minimum Gasteiger partial charge on any atom is -0.362 e. The van der Waals surface area contributed by atoms with Crippen LogP contribution in [0.15, 0.2) is 17.3 Å². The van der Waals surface area contributed by atoms with Gasteiger partial charge in [-0.3, -0.25) is 14.7 Å². The highest BCUT2D eigenvalue weighted by molar-refractivity contribution is 8.14. The molecule has 1 aromatic carbocycles. The van der Waals surface area contributed by atoms with Crippen molar-refractivity contribution in [1.29, 1.82) is 5.26 Å². The van der Waals surface area contributed by atoms with Crippen LogP contribution in [-0.4, -0.2) is 62.3 Å². The zero-order chi connectivity index (χ0) is 23.6. The van der Waals surface area contributed by atoms with Crippen molar-refractivity contribution in [3.8, 4) is 6.07 Å². The normalized spacial score (nSPS) is 28.9. The molecule has 2 aromatic rings. The Bertz CT molecular complexity index is 1280. The summed E-state index contributed by atoms with van der Waals surface area (Å²) in [6, 6.07) is 1.77. The molecular formula is C23H23FN6O3S. The van der Waals surface area contributed by atoms with E-state index in [1.54, 1.807) is 7.11 Å². The van der Waals surface area contributed by atoms with E-state index in [0.717, 1.165) is 49.2 Å².